The Balaban J connectivity index is 1.48. The van der Waals surface area contributed by atoms with E-state index in [1.807, 2.05) is 122 Å². The maximum atomic E-state index is 13.3. The molecule has 0 radical (unpaired) electrons. The largest absolute Gasteiger partial charge is 0.484 e. The molecule has 1 N–H and O–H groups in total. The zero-order valence-electron chi connectivity index (χ0n) is 20.3. The number of nitrogens with zero attached hydrogens (tertiary/aromatic N) is 1. The van der Waals surface area contributed by atoms with E-state index in [9.17, 15) is 9.59 Å². The summed E-state index contributed by atoms with van der Waals surface area (Å²) >= 11 is 0. The average molecular weight is 479 g/mol. The van der Waals surface area contributed by atoms with Gasteiger partial charge in [-0.3, -0.25) is 9.59 Å². The molecule has 4 rings (SSSR count). The first-order valence-corrected chi connectivity index (χ1v) is 12.0. The maximum absolute atomic E-state index is 13.3. The number of para-hydroxylation sites is 1. The predicted octanol–water partition coefficient (Wildman–Crippen LogP) is 5.72. The Morgan fingerprint density at radius 1 is 0.778 bits per heavy atom. The van der Waals surface area contributed by atoms with Gasteiger partial charge in [-0.1, -0.05) is 91.0 Å². The van der Waals surface area contributed by atoms with E-state index in [-0.39, 0.29) is 30.9 Å². The Bertz CT molecular complexity index is 1260. The number of hydrogen-bond donors (Lipinski definition) is 1. The summed E-state index contributed by atoms with van der Waals surface area (Å²) in [4.78, 5) is 27.7. The fraction of sp³-hybridized carbons (Fsp3) is 0.161. The van der Waals surface area contributed by atoms with Crippen molar-refractivity contribution in [3.63, 3.8) is 0 Å². The van der Waals surface area contributed by atoms with E-state index in [0.29, 0.717) is 12.3 Å². The highest BCUT2D eigenvalue weighted by atomic mass is 16.5. The first kappa shape index (κ1) is 24.7. The number of benzene rings is 4. The molecule has 4 aromatic rings. The van der Waals surface area contributed by atoms with E-state index in [1.165, 1.54) is 0 Å². The first-order valence-electron chi connectivity index (χ1n) is 12.0. The zero-order chi connectivity index (χ0) is 25.2. The van der Waals surface area contributed by atoms with Crippen LogP contribution in [0.1, 0.15) is 29.7 Å². The van der Waals surface area contributed by atoms with E-state index in [0.717, 1.165) is 22.4 Å². The third-order valence-corrected chi connectivity index (χ3v) is 5.85. The third-order valence-electron chi connectivity index (χ3n) is 5.85. The minimum absolute atomic E-state index is 0.0724. The Hall–Kier alpha value is -4.38. The second-order valence-electron chi connectivity index (χ2n) is 8.61. The molecule has 5 nitrogen and oxygen atoms in total. The van der Waals surface area contributed by atoms with Crippen LogP contribution >= 0.6 is 0 Å². The summed E-state index contributed by atoms with van der Waals surface area (Å²) in [5.74, 6) is 0.405. The molecule has 0 saturated heterocycles. The fourth-order valence-corrected chi connectivity index (χ4v) is 3.97. The molecule has 0 aliphatic heterocycles. The lowest BCUT2D eigenvalue weighted by atomic mass is 10.1. The van der Waals surface area contributed by atoms with Gasteiger partial charge in [0.1, 0.15) is 5.75 Å². The lowest BCUT2D eigenvalue weighted by Gasteiger charge is -2.24. The van der Waals surface area contributed by atoms with Gasteiger partial charge in [0.05, 0.1) is 19.0 Å². The number of hydrogen-bond acceptors (Lipinski definition) is 3. The van der Waals surface area contributed by atoms with Crippen LogP contribution in [0.25, 0.3) is 0 Å². The Kier molecular flexibility index (Phi) is 8.49. The zero-order valence-corrected chi connectivity index (χ0v) is 20.3. The summed E-state index contributed by atoms with van der Waals surface area (Å²) in [6.45, 7) is 2.28. The molecule has 0 bridgehead atoms. The van der Waals surface area contributed by atoms with E-state index in [1.54, 1.807) is 4.90 Å². The quantitative estimate of drug-likeness (QED) is 0.317. The van der Waals surface area contributed by atoms with Crippen LogP contribution in [0.5, 0.6) is 5.75 Å². The lowest BCUT2D eigenvalue weighted by molar-refractivity contribution is -0.121. The molecule has 0 spiro atoms. The first-order chi connectivity index (χ1) is 17.6. The molecule has 5 heteroatoms. The van der Waals surface area contributed by atoms with E-state index >= 15 is 0 Å². The molecule has 1 atom stereocenters. The van der Waals surface area contributed by atoms with Gasteiger partial charge in [0.2, 0.25) is 5.91 Å². The highest BCUT2D eigenvalue weighted by Gasteiger charge is 2.18. The Morgan fingerprint density at radius 3 is 2.08 bits per heavy atom. The van der Waals surface area contributed by atoms with Crippen molar-refractivity contribution in [2.75, 3.05) is 11.5 Å². The lowest BCUT2D eigenvalue weighted by Crippen LogP contribution is -2.34. The molecule has 36 heavy (non-hydrogen) atoms. The van der Waals surface area contributed by atoms with E-state index in [2.05, 4.69) is 5.32 Å². The normalized spacial score (nSPS) is 11.4. The van der Waals surface area contributed by atoms with Crippen LogP contribution in [-0.4, -0.2) is 18.4 Å². The monoisotopic (exact) mass is 478 g/mol. The molecule has 0 aliphatic rings. The van der Waals surface area contributed by atoms with Crippen molar-refractivity contribution >= 4 is 17.5 Å². The Labute approximate surface area is 212 Å². The molecule has 182 valence electrons. The third kappa shape index (κ3) is 7.06. The van der Waals surface area contributed by atoms with Crippen LogP contribution in [0.4, 0.5) is 5.69 Å². The summed E-state index contributed by atoms with van der Waals surface area (Å²) in [6.07, 6.45) is 0.221. The van der Waals surface area contributed by atoms with Crippen molar-refractivity contribution in [2.45, 2.75) is 25.9 Å². The van der Waals surface area contributed by atoms with E-state index in [4.69, 9.17) is 4.74 Å². The summed E-state index contributed by atoms with van der Waals surface area (Å²) in [5, 5.41) is 3.05. The van der Waals surface area contributed by atoms with Gasteiger partial charge in [0.15, 0.2) is 6.61 Å². The standard InChI is InChI=1S/C31H30N2O3/c1-24(27-15-7-3-8-16-27)32-30(34)21-26-14-11-17-28(20-26)33(22-25-12-5-2-6-13-25)31(35)23-36-29-18-9-4-10-19-29/h2-20,24H,21-23H2,1H3,(H,32,34)/t24-/m1/s1. The number of anilines is 1. The van der Waals surface area contributed by atoms with Crippen molar-refractivity contribution in [2.24, 2.45) is 0 Å². The van der Waals surface area contributed by atoms with Crippen molar-refractivity contribution in [1.82, 2.24) is 5.32 Å². The summed E-state index contributed by atoms with van der Waals surface area (Å²) in [5.41, 5.74) is 3.62. The molecular formula is C31H30N2O3. The van der Waals surface area contributed by atoms with Gasteiger partial charge in [-0.2, -0.15) is 0 Å². The van der Waals surface area contributed by atoms with Crippen LogP contribution in [0, 0.1) is 0 Å². The van der Waals surface area contributed by atoms with Gasteiger partial charge in [0, 0.05) is 5.69 Å². The molecule has 0 unspecified atom stereocenters. The molecule has 0 aliphatic carbocycles. The van der Waals surface area contributed by atoms with E-state index < -0.39 is 0 Å². The molecule has 2 amide bonds. The van der Waals surface area contributed by atoms with Gasteiger partial charge in [-0.25, -0.2) is 0 Å². The van der Waals surface area contributed by atoms with Crippen molar-refractivity contribution in [1.29, 1.82) is 0 Å². The summed E-state index contributed by atoms with van der Waals surface area (Å²) < 4.78 is 5.73. The van der Waals surface area contributed by atoms with Crippen LogP contribution in [0.15, 0.2) is 115 Å². The number of carbonyl (C=O) groups excluding carboxylic acids is 2. The summed E-state index contributed by atoms with van der Waals surface area (Å²) in [6, 6.07) is 36.5. The average Bonchev–Trinajstić information content (AvgIpc) is 2.92. The highest BCUT2D eigenvalue weighted by Crippen LogP contribution is 2.21. The van der Waals surface area contributed by atoms with Crippen molar-refractivity contribution < 1.29 is 14.3 Å². The molecule has 4 aromatic carbocycles. The van der Waals surface area contributed by atoms with Crippen LogP contribution in [-0.2, 0) is 22.6 Å². The number of ether oxygens (including phenoxy) is 1. The van der Waals surface area contributed by atoms with Gasteiger partial charge in [-0.15, -0.1) is 0 Å². The molecule has 0 saturated carbocycles. The molecule has 0 aromatic heterocycles. The van der Waals surface area contributed by atoms with Crippen LogP contribution < -0.4 is 15.0 Å². The smallest absolute Gasteiger partial charge is 0.265 e. The van der Waals surface area contributed by atoms with Crippen LogP contribution in [0.2, 0.25) is 0 Å². The van der Waals surface area contributed by atoms with Gasteiger partial charge >= 0.3 is 0 Å². The molecule has 0 heterocycles. The minimum atomic E-state index is -0.165. The molecule has 0 fully saturated rings. The SMILES string of the molecule is C[C@@H](NC(=O)Cc1cccc(N(Cc2ccccc2)C(=O)COc2ccccc2)c1)c1ccccc1. The highest BCUT2D eigenvalue weighted by molar-refractivity contribution is 5.94. The minimum Gasteiger partial charge on any atom is -0.484 e. The summed E-state index contributed by atoms with van der Waals surface area (Å²) in [7, 11) is 0. The fourth-order valence-electron chi connectivity index (χ4n) is 3.97. The Morgan fingerprint density at radius 2 is 1.39 bits per heavy atom. The second-order valence-corrected chi connectivity index (χ2v) is 8.61. The van der Waals surface area contributed by atoms with Gasteiger partial charge < -0.3 is 15.0 Å². The number of nitrogens with one attached hydrogen (secondary N) is 1. The molecular weight excluding hydrogens is 448 g/mol. The number of carbonyl (C=O) groups is 2. The number of rotatable bonds is 10. The van der Waals surface area contributed by atoms with Crippen LogP contribution in [0.3, 0.4) is 0 Å². The van der Waals surface area contributed by atoms with Crippen molar-refractivity contribution in [3.05, 3.63) is 132 Å². The predicted molar refractivity (Wildman–Crippen MR) is 143 cm³/mol. The van der Waals surface area contributed by atoms with Gasteiger partial charge in [0.25, 0.3) is 5.91 Å². The number of amides is 2. The second kappa shape index (κ2) is 12.4. The van der Waals surface area contributed by atoms with Crippen molar-refractivity contribution in [3.8, 4) is 5.75 Å². The topological polar surface area (TPSA) is 58.6 Å². The maximum Gasteiger partial charge on any atom is 0.265 e. The van der Waals surface area contributed by atoms with Gasteiger partial charge in [-0.05, 0) is 47.9 Å².